The van der Waals surface area contributed by atoms with Crippen molar-refractivity contribution in [3.8, 4) is 0 Å². The molecule has 1 aliphatic rings. The van der Waals surface area contributed by atoms with E-state index in [9.17, 15) is 4.79 Å². The van der Waals surface area contributed by atoms with Gasteiger partial charge in [0.25, 0.3) is 0 Å². The molecule has 2 atom stereocenters. The van der Waals surface area contributed by atoms with Crippen molar-refractivity contribution < 1.29 is 4.79 Å². The molecule has 0 aliphatic carbocycles. The fourth-order valence-electron chi connectivity index (χ4n) is 2.40. The van der Waals surface area contributed by atoms with Gasteiger partial charge in [0.05, 0.1) is 0 Å². The summed E-state index contributed by atoms with van der Waals surface area (Å²) in [5.41, 5.74) is 5.51. The lowest BCUT2D eigenvalue weighted by Crippen LogP contribution is -2.43. The Morgan fingerprint density at radius 2 is 2.31 bits per heavy atom. The zero-order valence-corrected chi connectivity index (χ0v) is 10.8. The van der Waals surface area contributed by atoms with Gasteiger partial charge >= 0.3 is 0 Å². The number of hydrogen-bond acceptors (Lipinski definition) is 3. The fraction of sp³-hybridized carbons (Fsp3) is 0.917. The summed E-state index contributed by atoms with van der Waals surface area (Å²) < 4.78 is 0. The number of likely N-dealkylation sites (tertiary alicyclic amines) is 1. The predicted molar refractivity (Wildman–Crippen MR) is 66.1 cm³/mol. The van der Waals surface area contributed by atoms with E-state index in [2.05, 4.69) is 11.8 Å². The van der Waals surface area contributed by atoms with Crippen molar-refractivity contribution >= 4 is 5.91 Å². The molecule has 0 bridgehead atoms. The van der Waals surface area contributed by atoms with E-state index in [1.165, 1.54) is 19.4 Å². The van der Waals surface area contributed by atoms with E-state index in [4.69, 9.17) is 5.73 Å². The highest BCUT2D eigenvalue weighted by Crippen LogP contribution is 2.17. The van der Waals surface area contributed by atoms with E-state index in [0.717, 1.165) is 13.1 Å². The molecule has 1 amide bonds. The first-order chi connectivity index (χ1) is 7.60. The maximum absolute atomic E-state index is 11.9. The van der Waals surface area contributed by atoms with Crippen LogP contribution in [0, 0.1) is 5.92 Å². The number of amides is 1. The lowest BCUT2D eigenvalue weighted by Gasteiger charge is -2.29. The van der Waals surface area contributed by atoms with Gasteiger partial charge in [-0.25, -0.2) is 0 Å². The monoisotopic (exact) mass is 227 g/mol. The first kappa shape index (κ1) is 13.5. The summed E-state index contributed by atoms with van der Waals surface area (Å²) in [4.78, 5) is 16.2. The van der Waals surface area contributed by atoms with Crippen molar-refractivity contribution in [1.82, 2.24) is 9.80 Å². The lowest BCUT2D eigenvalue weighted by atomic mass is 10.1. The van der Waals surface area contributed by atoms with E-state index in [1.807, 2.05) is 18.9 Å². The molecule has 16 heavy (non-hydrogen) atoms. The largest absolute Gasteiger partial charge is 0.344 e. The number of carbonyl (C=O) groups is 1. The second kappa shape index (κ2) is 6.21. The Kier molecular flexibility index (Phi) is 5.22. The summed E-state index contributed by atoms with van der Waals surface area (Å²) in [5, 5.41) is 0. The Morgan fingerprint density at radius 1 is 1.62 bits per heavy atom. The quantitative estimate of drug-likeness (QED) is 0.745. The Hall–Kier alpha value is -0.610. The number of rotatable bonds is 5. The Morgan fingerprint density at radius 3 is 2.88 bits per heavy atom. The molecule has 2 unspecified atom stereocenters. The topological polar surface area (TPSA) is 49.6 Å². The number of hydrogen-bond donors (Lipinski definition) is 1. The van der Waals surface area contributed by atoms with E-state index >= 15 is 0 Å². The summed E-state index contributed by atoms with van der Waals surface area (Å²) in [6.45, 7) is 7.62. The molecule has 0 aromatic carbocycles. The molecule has 1 saturated heterocycles. The van der Waals surface area contributed by atoms with Crippen LogP contribution in [0.1, 0.15) is 26.7 Å². The highest BCUT2D eigenvalue weighted by atomic mass is 16.2. The van der Waals surface area contributed by atoms with Crippen LogP contribution in [-0.2, 0) is 4.79 Å². The zero-order chi connectivity index (χ0) is 12.1. The second-order valence-corrected chi connectivity index (χ2v) is 4.78. The van der Waals surface area contributed by atoms with E-state index in [0.29, 0.717) is 12.6 Å². The number of likely N-dealkylation sites (N-methyl/N-ethyl adjacent to an activating group) is 2. The first-order valence-corrected chi connectivity index (χ1v) is 6.29. The average molecular weight is 227 g/mol. The SMILES string of the molecule is CCN1CCCC1CN(C)C(=O)C(C)CN. The van der Waals surface area contributed by atoms with Crippen LogP contribution in [0.15, 0.2) is 0 Å². The van der Waals surface area contributed by atoms with Crippen molar-refractivity contribution in [2.24, 2.45) is 11.7 Å². The van der Waals surface area contributed by atoms with Gasteiger partial charge in [0, 0.05) is 32.1 Å². The van der Waals surface area contributed by atoms with Gasteiger partial charge in [-0.1, -0.05) is 13.8 Å². The highest BCUT2D eigenvalue weighted by Gasteiger charge is 2.26. The molecule has 94 valence electrons. The molecule has 1 rings (SSSR count). The van der Waals surface area contributed by atoms with Crippen LogP contribution in [0.25, 0.3) is 0 Å². The minimum absolute atomic E-state index is 0.0542. The third-order valence-electron chi connectivity index (χ3n) is 3.54. The molecule has 2 N–H and O–H groups in total. The number of nitrogens with zero attached hydrogens (tertiary/aromatic N) is 2. The van der Waals surface area contributed by atoms with Gasteiger partial charge < -0.3 is 10.6 Å². The van der Waals surface area contributed by atoms with E-state index < -0.39 is 0 Å². The van der Waals surface area contributed by atoms with Crippen LogP contribution in [0.3, 0.4) is 0 Å². The summed E-state index contributed by atoms with van der Waals surface area (Å²) in [6.07, 6.45) is 2.47. The van der Waals surface area contributed by atoms with Crippen LogP contribution in [-0.4, -0.2) is 55.0 Å². The summed E-state index contributed by atoms with van der Waals surface area (Å²) >= 11 is 0. The maximum Gasteiger partial charge on any atom is 0.226 e. The van der Waals surface area contributed by atoms with Crippen LogP contribution >= 0.6 is 0 Å². The molecule has 4 nitrogen and oxygen atoms in total. The Balaban J connectivity index is 2.44. The van der Waals surface area contributed by atoms with Crippen LogP contribution in [0.4, 0.5) is 0 Å². The Bertz CT molecular complexity index is 232. The van der Waals surface area contributed by atoms with Gasteiger partial charge in [0.1, 0.15) is 0 Å². The van der Waals surface area contributed by atoms with Crippen molar-refractivity contribution in [2.45, 2.75) is 32.7 Å². The third-order valence-corrected chi connectivity index (χ3v) is 3.54. The lowest BCUT2D eigenvalue weighted by molar-refractivity contribution is -0.133. The van der Waals surface area contributed by atoms with Gasteiger partial charge in [0.15, 0.2) is 0 Å². The minimum atomic E-state index is -0.0542. The van der Waals surface area contributed by atoms with Crippen molar-refractivity contribution in [3.63, 3.8) is 0 Å². The summed E-state index contributed by atoms with van der Waals surface area (Å²) in [6, 6.07) is 0.545. The molecule has 4 heteroatoms. The van der Waals surface area contributed by atoms with Crippen LogP contribution in [0.5, 0.6) is 0 Å². The molecule has 1 heterocycles. The van der Waals surface area contributed by atoms with E-state index in [-0.39, 0.29) is 11.8 Å². The molecule has 0 spiro atoms. The smallest absolute Gasteiger partial charge is 0.226 e. The van der Waals surface area contributed by atoms with Crippen molar-refractivity contribution in [3.05, 3.63) is 0 Å². The average Bonchev–Trinajstić information content (AvgIpc) is 2.74. The van der Waals surface area contributed by atoms with Crippen LogP contribution < -0.4 is 5.73 Å². The predicted octanol–water partition coefficient (Wildman–Crippen LogP) is 0.524. The molecule has 1 fully saturated rings. The summed E-state index contributed by atoms with van der Waals surface area (Å²) in [5.74, 6) is 0.118. The van der Waals surface area contributed by atoms with Gasteiger partial charge in [0.2, 0.25) is 5.91 Å². The van der Waals surface area contributed by atoms with Gasteiger partial charge in [-0.3, -0.25) is 9.69 Å². The van der Waals surface area contributed by atoms with Gasteiger partial charge in [-0.05, 0) is 25.9 Å². The standard InChI is InChI=1S/C12H25N3O/c1-4-15-7-5-6-11(15)9-14(3)12(16)10(2)8-13/h10-11H,4-9,13H2,1-3H3. The van der Waals surface area contributed by atoms with E-state index in [1.54, 1.807) is 0 Å². The number of nitrogens with two attached hydrogens (primary N) is 1. The Labute approximate surface area is 98.8 Å². The molecule has 0 aromatic heterocycles. The molecule has 0 radical (unpaired) electrons. The van der Waals surface area contributed by atoms with Crippen molar-refractivity contribution in [2.75, 3.05) is 33.2 Å². The second-order valence-electron chi connectivity index (χ2n) is 4.78. The van der Waals surface area contributed by atoms with Gasteiger partial charge in [-0.15, -0.1) is 0 Å². The fourth-order valence-corrected chi connectivity index (χ4v) is 2.40. The third kappa shape index (κ3) is 3.19. The number of carbonyl (C=O) groups excluding carboxylic acids is 1. The molecular formula is C12H25N3O. The molecule has 0 aromatic rings. The zero-order valence-electron chi connectivity index (χ0n) is 10.8. The maximum atomic E-state index is 11.9. The molecule has 0 saturated carbocycles. The highest BCUT2D eigenvalue weighted by molar-refractivity contribution is 5.78. The molecule has 1 aliphatic heterocycles. The summed E-state index contributed by atoms with van der Waals surface area (Å²) in [7, 11) is 1.89. The molecular weight excluding hydrogens is 202 g/mol. The first-order valence-electron chi connectivity index (χ1n) is 6.29. The van der Waals surface area contributed by atoms with Crippen LogP contribution in [0.2, 0.25) is 0 Å². The minimum Gasteiger partial charge on any atom is -0.344 e. The normalized spacial score (nSPS) is 23.4. The van der Waals surface area contributed by atoms with Gasteiger partial charge in [-0.2, -0.15) is 0 Å². The van der Waals surface area contributed by atoms with Crippen molar-refractivity contribution in [1.29, 1.82) is 0 Å².